The highest BCUT2D eigenvalue weighted by atomic mass is 19.1. The number of carbonyl (C=O) groups is 2. The van der Waals surface area contributed by atoms with Crippen molar-refractivity contribution in [2.75, 3.05) is 33.4 Å². The highest BCUT2D eigenvalue weighted by Gasteiger charge is 2.35. The lowest BCUT2D eigenvalue weighted by Crippen LogP contribution is -2.57. The van der Waals surface area contributed by atoms with Crippen LogP contribution in [0, 0.1) is 5.82 Å². The maximum atomic E-state index is 15.0. The Bertz CT molecular complexity index is 1040. The molecule has 1 aromatic heterocycles. The number of carbonyl (C=O) groups excluding carboxylic acids is 2. The molecular formula is C24H32FN3O5. The van der Waals surface area contributed by atoms with Crippen molar-refractivity contribution in [1.82, 2.24) is 14.8 Å². The van der Waals surface area contributed by atoms with Gasteiger partial charge < -0.3 is 24.4 Å². The molecule has 8 nitrogen and oxygen atoms in total. The van der Waals surface area contributed by atoms with E-state index in [1.54, 1.807) is 20.8 Å². The third kappa shape index (κ3) is 5.52. The van der Waals surface area contributed by atoms with Gasteiger partial charge in [0.25, 0.3) is 5.91 Å². The first kappa shape index (κ1) is 24.7. The summed E-state index contributed by atoms with van der Waals surface area (Å²) in [6.07, 6.45) is 0.461. The molecule has 0 bridgehead atoms. The molecule has 1 aliphatic heterocycles. The van der Waals surface area contributed by atoms with Gasteiger partial charge in [-0.05, 0) is 51.8 Å². The number of ether oxygens (including phenoxy) is 2. The Hall–Kier alpha value is -2.94. The molecule has 2 amide bonds. The molecule has 0 unspecified atom stereocenters. The zero-order valence-electron chi connectivity index (χ0n) is 19.9. The molecule has 3 rings (SSSR count). The normalized spacial score (nSPS) is 16.8. The number of aliphatic hydroxyl groups is 1. The van der Waals surface area contributed by atoms with Crippen molar-refractivity contribution in [3.05, 3.63) is 35.1 Å². The summed E-state index contributed by atoms with van der Waals surface area (Å²) in [4.78, 5) is 33.3. The number of pyridine rings is 1. The van der Waals surface area contributed by atoms with E-state index in [1.165, 1.54) is 29.0 Å². The molecule has 9 heteroatoms. The van der Waals surface area contributed by atoms with Crippen molar-refractivity contribution >= 4 is 22.9 Å². The van der Waals surface area contributed by atoms with Crippen LogP contribution in [0.5, 0.6) is 5.88 Å². The van der Waals surface area contributed by atoms with Crippen LogP contribution in [0.3, 0.4) is 0 Å². The molecule has 180 valence electrons. The van der Waals surface area contributed by atoms with E-state index in [-0.39, 0.29) is 38.2 Å². The van der Waals surface area contributed by atoms with Crippen LogP contribution in [0.2, 0.25) is 0 Å². The van der Waals surface area contributed by atoms with Gasteiger partial charge in [0.2, 0.25) is 5.88 Å². The summed E-state index contributed by atoms with van der Waals surface area (Å²) in [7, 11) is 1.52. The number of methoxy groups -OCH3 is 1. The van der Waals surface area contributed by atoms with Gasteiger partial charge in [0.05, 0.1) is 24.2 Å². The summed E-state index contributed by atoms with van der Waals surface area (Å²) < 4.78 is 25.8. The predicted octanol–water partition coefficient (Wildman–Crippen LogP) is 3.39. The second-order valence-corrected chi connectivity index (χ2v) is 9.13. The van der Waals surface area contributed by atoms with Gasteiger partial charge >= 0.3 is 6.09 Å². The standard InChI is InChI=1S/C24H32FN3O5/c1-6-15-11-16-12-19(25)18(13-20(16)26-21(15)32-5)22(30)28-9-8-27(14-17(28)7-10-29)23(31)33-24(2,3)4/h11-13,17,29H,6-10,14H2,1-5H3/t17-/m0/s1. The van der Waals surface area contributed by atoms with E-state index >= 15 is 4.39 Å². The average Bonchev–Trinajstić information content (AvgIpc) is 2.76. The van der Waals surface area contributed by atoms with E-state index in [9.17, 15) is 14.7 Å². The Kier molecular flexibility index (Phi) is 7.41. The van der Waals surface area contributed by atoms with Crippen LogP contribution < -0.4 is 4.74 Å². The van der Waals surface area contributed by atoms with Gasteiger partial charge in [0.15, 0.2) is 0 Å². The van der Waals surface area contributed by atoms with Crippen molar-refractivity contribution in [3.8, 4) is 5.88 Å². The third-order valence-electron chi connectivity index (χ3n) is 5.61. The zero-order chi connectivity index (χ0) is 24.3. The Morgan fingerprint density at radius 2 is 1.97 bits per heavy atom. The predicted molar refractivity (Wildman–Crippen MR) is 122 cm³/mol. The van der Waals surface area contributed by atoms with E-state index < -0.39 is 29.5 Å². The van der Waals surface area contributed by atoms with Crippen LogP contribution in [0.1, 0.15) is 50.0 Å². The minimum atomic E-state index is -0.642. The monoisotopic (exact) mass is 461 g/mol. The molecule has 2 heterocycles. The molecule has 0 radical (unpaired) electrons. The van der Waals surface area contributed by atoms with Gasteiger partial charge in [-0.3, -0.25) is 4.79 Å². The number of amides is 2. The van der Waals surface area contributed by atoms with E-state index in [0.717, 1.165) is 5.56 Å². The highest BCUT2D eigenvalue weighted by Crippen LogP contribution is 2.27. The van der Waals surface area contributed by atoms with E-state index in [2.05, 4.69) is 4.98 Å². The maximum absolute atomic E-state index is 15.0. The second-order valence-electron chi connectivity index (χ2n) is 9.13. The summed E-state index contributed by atoms with van der Waals surface area (Å²) in [6, 6.07) is 4.09. The molecule has 0 saturated carbocycles. The van der Waals surface area contributed by atoms with E-state index in [4.69, 9.17) is 9.47 Å². The quantitative estimate of drug-likeness (QED) is 0.734. The van der Waals surface area contributed by atoms with Crippen LogP contribution in [-0.2, 0) is 11.2 Å². The number of halogens is 1. The summed E-state index contributed by atoms with van der Waals surface area (Å²) >= 11 is 0. The number of aliphatic hydroxyl groups excluding tert-OH is 1. The van der Waals surface area contributed by atoms with Gasteiger partial charge in [0.1, 0.15) is 11.4 Å². The van der Waals surface area contributed by atoms with Crippen LogP contribution in [0.15, 0.2) is 18.2 Å². The molecule has 0 spiro atoms. The summed E-state index contributed by atoms with van der Waals surface area (Å²) in [5, 5.41) is 10.1. The lowest BCUT2D eigenvalue weighted by Gasteiger charge is -2.41. The molecule has 2 aromatic rings. The first-order chi connectivity index (χ1) is 15.6. The molecule has 1 aliphatic rings. The average molecular weight is 462 g/mol. The molecule has 33 heavy (non-hydrogen) atoms. The van der Waals surface area contributed by atoms with Crippen LogP contribution in [-0.4, -0.2) is 76.9 Å². The summed E-state index contributed by atoms with van der Waals surface area (Å²) in [6.45, 7) is 7.78. The van der Waals surface area contributed by atoms with Crippen molar-refractivity contribution in [1.29, 1.82) is 0 Å². The number of fused-ring (bicyclic) bond motifs is 1. The number of aryl methyl sites for hydroxylation is 1. The van der Waals surface area contributed by atoms with Crippen LogP contribution in [0.25, 0.3) is 10.9 Å². The fraction of sp³-hybridized carbons (Fsp3) is 0.542. The number of aromatic nitrogens is 1. The molecule has 1 atom stereocenters. The van der Waals surface area contributed by atoms with Gasteiger partial charge in [-0.15, -0.1) is 0 Å². The number of piperazine rings is 1. The molecule has 1 N–H and O–H groups in total. The van der Waals surface area contributed by atoms with Gasteiger partial charge in [0, 0.05) is 37.2 Å². The first-order valence-corrected chi connectivity index (χ1v) is 11.1. The van der Waals surface area contributed by atoms with Gasteiger partial charge in [-0.2, -0.15) is 0 Å². The number of rotatable bonds is 5. The Morgan fingerprint density at radius 3 is 2.58 bits per heavy atom. The number of benzene rings is 1. The molecule has 0 aliphatic carbocycles. The number of hydrogen-bond donors (Lipinski definition) is 1. The molecule has 1 fully saturated rings. The molecule has 1 saturated heterocycles. The number of hydrogen-bond acceptors (Lipinski definition) is 6. The minimum absolute atomic E-state index is 0.102. The largest absolute Gasteiger partial charge is 0.481 e. The Balaban J connectivity index is 1.88. The first-order valence-electron chi connectivity index (χ1n) is 11.1. The maximum Gasteiger partial charge on any atom is 0.410 e. The number of nitrogens with zero attached hydrogens (tertiary/aromatic N) is 3. The summed E-state index contributed by atoms with van der Waals surface area (Å²) in [5.74, 6) is -0.699. The smallest absolute Gasteiger partial charge is 0.410 e. The third-order valence-corrected chi connectivity index (χ3v) is 5.61. The summed E-state index contributed by atoms with van der Waals surface area (Å²) in [5.41, 5.74) is 0.566. The van der Waals surface area contributed by atoms with Crippen LogP contribution >= 0.6 is 0 Å². The van der Waals surface area contributed by atoms with E-state index in [0.29, 0.717) is 23.2 Å². The van der Waals surface area contributed by atoms with Crippen molar-refractivity contribution in [2.24, 2.45) is 0 Å². The second kappa shape index (κ2) is 9.91. The van der Waals surface area contributed by atoms with Gasteiger partial charge in [-0.1, -0.05) is 6.92 Å². The fourth-order valence-corrected chi connectivity index (χ4v) is 3.98. The Morgan fingerprint density at radius 1 is 1.24 bits per heavy atom. The fourth-order valence-electron chi connectivity index (χ4n) is 3.98. The zero-order valence-corrected chi connectivity index (χ0v) is 19.9. The van der Waals surface area contributed by atoms with Crippen molar-refractivity contribution in [2.45, 2.75) is 52.2 Å². The van der Waals surface area contributed by atoms with Crippen molar-refractivity contribution in [3.63, 3.8) is 0 Å². The molecule has 1 aromatic carbocycles. The molecular weight excluding hydrogens is 429 g/mol. The lowest BCUT2D eigenvalue weighted by atomic mass is 10.0. The topological polar surface area (TPSA) is 92.2 Å². The Labute approximate surface area is 193 Å². The SMILES string of the molecule is CCc1cc2cc(F)c(C(=O)N3CCN(C(=O)OC(C)(C)C)C[C@@H]3CCO)cc2nc1OC. The highest BCUT2D eigenvalue weighted by molar-refractivity contribution is 5.98. The lowest BCUT2D eigenvalue weighted by molar-refractivity contribution is 0.00167. The van der Waals surface area contributed by atoms with Gasteiger partial charge in [-0.25, -0.2) is 14.2 Å². The van der Waals surface area contributed by atoms with Crippen LogP contribution in [0.4, 0.5) is 9.18 Å². The minimum Gasteiger partial charge on any atom is -0.481 e. The van der Waals surface area contributed by atoms with E-state index in [1.807, 2.05) is 13.0 Å². The van der Waals surface area contributed by atoms with Crippen molar-refractivity contribution < 1.29 is 28.6 Å².